The van der Waals surface area contributed by atoms with E-state index in [0.29, 0.717) is 25.3 Å². The van der Waals surface area contributed by atoms with Gasteiger partial charge in [-0.3, -0.25) is 9.59 Å². The van der Waals surface area contributed by atoms with Gasteiger partial charge in [0.1, 0.15) is 0 Å². The first-order valence-corrected chi connectivity index (χ1v) is 7.97. The first-order valence-electron chi connectivity index (χ1n) is 7.18. The standard InChI is InChI=1S/C16H20BrNO3/c1-10(2)9-18-14(19)8-7-13(16(20)21)15(18)11-3-5-12(17)6-4-11/h3-6,10,13,15H,7-9H2,1-2H3,(H,20,21). The van der Waals surface area contributed by atoms with Crippen molar-refractivity contribution in [3.8, 4) is 0 Å². The zero-order valence-electron chi connectivity index (χ0n) is 12.3. The largest absolute Gasteiger partial charge is 0.481 e. The van der Waals surface area contributed by atoms with Gasteiger partial charge in [0.15, 0.2) is 0 Å². The van der Waals surface area contributed by atoms with Gasteiger partial charge in [-0.2, -0.15) is 0 Å². The zero-order valence-corrected chi connectivity index (χ0v) is 13.8. The van der Waals surface area contributed by atoms with E-state index in [9.17, 15) is 14.7 Å². The summed E-state index contributed by atoms with van der Waals surface area (Å²) in [5.41, 5.74) is 0.888. The predicted octanol–water partition coefficient (Wildman–Crippen LogP) is 3.47. The van der Waals surface area contributed by atoms with Crippen LogP contribution in [0.2, 0.25) is 0 Å². The average molecular weight is 354 g/mol. The molecule has 2 rings (SSSR count). The first kappa shape index (κ1) is 16.0. The van der Waals surface area contributed by atoms with Crippen molar-refractivity contribution in [2.75, 3.05) is 6.54 Å². The van der Waals surface area contributed by atoms with Crippen molar-refractivity contribution in [3.05, 3.63) is 34.3 Å². The van der Waals surface area contributed by atoms with Crippen molar-refractivity contribution in [2.45, 2.75) is 32.7 Å². The number of halogens is 1. The summed E-state index contributed by atoms with van der Waals surface area (Å²) >= 11 is 3.38. The smallest absolute Gasteiger partial charge is 0.308 e. The van der Waals surface area contributed by atoms with Crippen LogP contribution in [0.3, 0.4) is 0 Å². The molecule has 0 radical (unpaired) electrons. The third-order valence-electron chi connectivity index (χ3n) is 3.80. The average Bonchev–Trinajstić information content (AvgIpc) is 2.41. The van der Waals surface area contributed by atoms with E-state index in [0.717, 1.165) is 10.0 Å². The van der Waals surface area contributed by atoms with E-state index in [4.69, 9.17) is 0 Å². The molecule has 21 heavy (non-hydrogen) atoms. The summed E-state index contributed by atoms with van der Waals surface area (Å²) < 4.78 is 0.940. The Kier molecular flexibility index (Phi) is 5.04. The second-order valence-corrected chi connectivity index (χ2v) is 6.84. The highest BCUT2D eigenvalue weighted by atomic mass is 79.9. The number of carboxylic acid groups (broad SMARTS) is 1. The molecule has 1 heterocycles. The summed E-state index contributed by atoms with van der Waals surface area (Å²) in [7, 11) is 0. The number of hydrogen-bond acceptors (Lipinski definition) is 2. The number of rotatable bonds is 4. The van der Waals surface area contributed by atoms with E-state index >= 15 is 0 Å². The number of nitrogens with zero attached hydrogens (tertiary/aromatic N) is 1. The Morgan fingerprint density at radius 2 is 2.00 bits per heavy atom. The van der Waals surface area contributed by atoms with E-state index in [1.165, 1.54) is 0 Å². The van der Waals surface area contributed by atoms with E-state index in [1.54, 1.807) is 4.90 Å². The molecule has 2 atom stereocenters. The van der Waals surface area contributed by atoms with Gasteiger partial charge in [-0.25, -0.2) is 0 Å². The maximum Gasteiger partial charge on any atom is 0.308 e. The molecule has 0 aromatic heterocycles. The maximum absolute atomic E-state index is 12.3. The number of likely N-dealkylation sites (tertiary alicyclic amines) is 1. The molecule has 1 N–H and O–H groups in total. The molecule has 0 bridgehead atoms. The van der Waals surface area contributed by atoms with Gasteiger partial charge in [0, 0.05) is 17.4 Å². The monoisotopic (exact) mass is 353 g/mol. The number of piperidine rings is 1. The summed E-state index contributed by atoms with van der Waals surface area (Å²) in [6.45, 7) is 4.66. The molecule has 4 nitrogen and oxygen atoms in total. The molecule has 1 aromatic carbocycles. The Labute approximate surface area is 133 Å². The van der Waals surface area contributed by atoms with Gasteiger partial charge in [-0.1, -0.05) is 41.9 Å². The van der Waals surface area contributed by atoms with Gasteiger partial charge in [-0.05, 0) is 30.0 Å². The van der Waals surface area contributed by atoms with E-state index < -0.39 is 11.9 Å². The number of carbonyl (C=O) groups excluding carboxylic acids is 1. The maximum atomic E-state index is 12.3. The summed E-state index contributed by atoms with van der Waals surface area (Å²) in [4.78, 5) is 25.6. The van der Waals surface area contributed by atoms with Gasteiger partial charge in [0.25, 0.3) is 0 Å². The minimum atomic E-state index is -0.829. The Morgan fingerprint density at radius 3 is 2.52 bits per heavy atom. The summed E-state index contributed by atoms with van der Waals surface area (Å²) in [5.74, 6) is -1.01. The van der Waals surface area contributed by atoms with Crippen molar-refractivity contribution in [1.82, 2.24) is 4.90 Å². The lowest BCUT2D eigenvalue weighted by molar-refractivity contribution is -0.152. The quantitative estimate of drug-likeness (QED) is 0.901. The molecule has 0 spiro atoms. The van der Waals surface area contributed by atoms with Gasteiger partial charge in [0.05, 0.1) is 12.0 Å². The zero-order chi connectivity index (χ0) is 15.6. The second-order valence-electron chi connectivity index (χ2n) is 5.92. The van der Waals surface area contributed by atoms with E-state index in [-0.39, 0.29) is 11.9 Å². The minimum absolute atomic E-state index is 0.0501. The van der Waals surface area contributed by atoms with Crippen LogP contribution in [0.1, 0.15) is 38.3 Å². The number of carboxylic acids is 1. The highest BCUT2D eigenvalue weighted by Crippen LogP contribution is 2.37. The minimum Gasteiger partial charge on any atom is -0.481 e. The molecule has 1 amide bonds. The highest BCUT2D eigenvalue weighted by molar-refractivity contribution is 9.10. The molecular weight excluding hydrogens is 334 g/mol. The number of aliphatic carboxylic acids is 1. The van der Waals surface area contributed by atoms with Crippen LogP contribution >= 0.6 is 15.9 Å². The molecular formula is C16H20BrNO3. The van der Waals surface area contributed by atoms with Crippen molar-refractivity contribution in [2.24, 2.45) is 11.8 Å². The molecule has 0 saturated carbocycles. The van der Waals surface area contributed by atoms with Crippen LogP contribution in [0, 0.1) is 11.8 Å². The molecule has 1 aliphatic rings. The predicted molar refractivity (Wildman–Crippen MR) is 83.8 cm³/mol. The molecule has 5 heteroatoms. The lowest BCUT2D eigenvalue weighted by Gasteiger charge is -2.40. The van der Waals surface area contributed by atoms with Crippen molar-refractivity contribution in [1.29, 1.82) is 0 Å². The van der Waals surface area contributed by atoms with Crippen molar-refractivity contribution >= 4 is 27.8 Å². The third kappa shape index (κ3) is 3.64. The molecule has 1 aromatic rings. The van der Waals surface area contributed by atoms with Crippen LogP contribution in [0.15, 0.2) is 28.7 Å². The molecule has 114 valence electrons. The topological polar surface area (TPSA) is 57.6 Å². The van der Waals surface area contributed by atoms with Crippen LogP contribution in [-0.4, -0.2) is 28.4 Å². The van der Waals surface area contributed by atoms with Gasteiger partial charge in [-0.15, -0.1) is 0 Å². The third-order valence-corrected chi connectivity index (χ3v) is 4.33. The number of hydrogen-bond donors (Lipinski definition) is 1. The van der Waals surface area contributed by atoms with Gasteiger partial charge < -0.3 is 10.0 Å². The lowest BCUT2D eigenvalue weighted by Crippen LogP contribution is -2.46. The van der Waals surface area contributed by atoms with Crippen molar-refractivity contribution in [3.63, 3.8) is 0 Å². The Morgan fingerprint density at radius 1 is 1.38 bits per heavy atom. The highest BCUT2D eigenvalue weighted by Gasteiger charge is 2.40. The summed E-state index contributed by atoms with van der Waals surface area (Å²) in [6.07, 6.45) is 0.722. The summed E-state index contributed by atoms with van der Waals surface area (Å²) in [5, 5.41) is 9.52. The molecule has 1 saturated heterocycles. The molecule has 1 aliphatic heterocycles. The fraction of sp³-hybridized carbons (Fsp3) is 0.500. The van der Waals surface area contributed by atoms with Crippen molar-refractivity contribution < 1.29 is 14.7 Å². The van der Waals surface area contributed by atoms with Crippen LogP contribution in [0.4, 0.5) is 0 Å². The molecule has 2 unspecified atom stereocenters. The Bertz CT molecular complexity index is 527. The number of carbonyl (C=O) groups is 2. The van der Waals surface area contributed by atoms with Crippen LogP contribution < -0.4 is 0 Å². The van der Waals surface area contributed by atoms with E-state index in [2.05, 4.69) is 15.9 Å². The van der Waals surface area contributed by atoms with Crippen LogP contribution in [-0.2, 0) is 9.59 Å². The fourth-order valence-corrected chi connectivity index (χ4v) is 3.16. The molecule has 1 fully saturated rings. The van der Waals surface area contributed by atoms with Gasteiger partial charge >= 0.3 is 5.97 Å². The van der Waals surface area contributed by atoms with E-state index in [1.807, 2.05) is 38.1 Å². The normalized spacial score (nSPS) is 22.7. The number of benzene rings is 1. The van der Waals surface area contributed by atoms with Crippen LogP contribution in [0.25, 0.3) is 0 Å². The summed E-state index contributed by atoms with van der Waals surface area (Å²) in [6, 6.07) is 7.20. The Balaban J connectivity index is 2.40. The molecule has 0 aliphatic carbocycles. The second kappa shape index (κ2) is 6.60. The lowest BCUT2D eigenvalue weighted by atomic mass is 9.84. The van der Waals surface area contributed by atoms with Gasteiger partial charge in [0.2, 0.25) is 5.91 Å². The number of amides is 1. The SMILES string of the molecule is CC(C)CN1C(=O)CCC(C(=O)O)C1c1ccc(Br)cc1. The van der Waals surface area contributed by atoms with Crippen LogP contribution in [0.5, 0.6) is 0 Å². The fourth-order valence-electron chi connectivity index (χ4n) is 2.89. The Hall–Kier alpha value is -1.36. The first-order chi connectivity index (χ1) is 9.90.